The molecule has 0 aliphatic heterocycles. The van der Waals surface area contributed by atoms with E-state index in [1.165, 1.54) is 4.46 Å². The molecule has 2 rings (SSSR count). The molecule has 0 bridgehead atoms. The van der Waals surface area contributed by atoms with Crippen molar-refractivity contribution in [2.75, 3.05) is 11.5 Å². The third kappa shape index (κ3) is 2.72. The van der Waals surface area contributed by atoms with Gasteiger partial charge >= 0.3 is 94.4 Å². The first-order valence-corrected chi connectivity index (χ1v) is 6.21. The fourth-order valence-corrected chi connectivity index (χ4v) is 3.17. The first-order valence-electron chi connectivity index (χ1n) is 4.50. The standard InChI is InChI=1S/C11H11N3Se/c12-10-6-9(7-11(13)14-10)15-8-4-2-1-3-5-8/h1-7H,(H4,12,13,14). The summed E-state index contributed by atoms with van der Waals surface area (Å²) in [6.45, 7) is 0. The van der Waals surface area contributed by atoms with E-state index < -0.39 is 0 Å². The first kappa shape index (κ1) is 10.0. The molecule has 4 heteroatoms. The SMILES string of the molecule is Nc1cc([Se]c2ccccc2)cc(N)n1. The van der Waals surface area contributed by atoms with Gasteiger partial charge in [-0.05, 0) is 0 Å². The molecule has 0 radical (unpaired) electrons. The Morgan fingerprint density at radius 2 is 1.47 bits per heavy atom. The van der Waals surface area contributed by atoms with Crippen molar-refractivity contribution in [3.05, 3.63) is 42.5 Å². The van der Waals surface area contributed by atoms with Crippen molar-refractivity contribution in [1.29, 1.82) is 0 Å². The van der Waals surface area contributed by atoms with Gasteiger partial charge in [-0.2, -0.15) is 0 Å². The number of nitrogen functional groups attached to an aromatic ring is 2. The van der Waals surface area contributed by atoms with E-state index in [0.717, 1.165) is 4.46 Å². The molecule has 0 atom stereocenters. The molecule has 3 nitrogen and oxygen atoms in total. The summed E-state index contributed by atoms with van der Waals surface area (Å²) >= 11 is 0.242. The predicted octanol–water partition coefficient (Wildman–Crippen LogP) is -0.0990. The van der Waals surface area contributed by atoms with Crippen LogP contribution in [0.15, 0.2) is 42.5 Å². The van der Waals surface area contributed by atoms with Crippen LogP contribution in [0.1, 0.15) is 0 Å². The molecular formula is C11H11N3Se. The van der Waals surface area contributed by atoms with Crippen molar-refractivity contribution >= 4 is 35.5 Å². The van der Waals surface area contributed by atoms with Gasteiger partial charge in [0.15, 0.2) is 0 Å². The quantitative estimate of drug-likeness (QED) is 0.744. The van der Waals surface area contributed by atoms with Gasteiger partial charge in [0.25, 0.3) is 0 Å². The van der Waals surface area contributed by atoms with Crippen LogP contribution in [0, 0.1) is 0 Å². The van der Waals surface area contributed by atoms with Crippen molar-refractivity contribution in [2.24, 2.45) is 0 Å². The van der Waals surface area contributed by atoms with Gasteiger partial charge < -0.3 is 0 Å². The zero-order valence-corrected chi connectivity index (χ0v) is 9.76. The second kappa shape index (κ2) is 4.34. The van der Waals surface area contributed by atoms with Crippen molar-refractivity contribution in [3.8, 4) is 0 Å². The zero-order chi connectivity index (χ0) is 10.7. The average molecular weight is 264 g/mol. The number of nitrogens with zero attached hydrogens (tertiary/aromatic N) is 1. The van der Waals surface area contributed by atoms with Gasteiger partial charge in [-0.1, -0.05) is 0 Å². The molecule has 2 aromatic rings. The van der Waals surface area contributed by atoms with Gasteiger partial charge in [0, 0.05) is 0 Å². The molecule has 0 aliphatic rings. The van der Waals surface area contributed by atoms with Crippen LogP contribution in [0.5, 0.6) is 0 Å². The van der Waals surface area contributed by atoms with Gasteiger partial charge in [0.05, 0.1) is 0 Å². The summed E-state index contributed by atoms with van der Waals surface area (Å²) in [5.41, 5.74) is 11.3. The van der Waals surface area contributed by atoms with Crippen LogP contribution in [-0.2, 0) is 0 Å². The van der Waals surface area contributed by atoms with Crippen LogP contribution in [-0.4, -0.2) is 19.9 Å². The number of nitrogens with two attached hydrogens (primary N) is 2. The van der Waals surface area contributed by atoms with E-state index in [1.54, 1.807) is 0 Å². The fraction of sp³-hybridized carbons (Fsp3) is 0. The van der Waals surface area contributed by atoms with Gasteiger partial charge in [0.2, 0.25) is 0 Å². The van der Waals surface area contributed by atoms with E-state index in [1.807, 2.05) is 30.3 Å². The average Bonchev–Trinajstić information content (AvgIpc) is 2.17. The Kier molecular flexibility index (Phi) is 2.90. The second-order valence-electron chi connectivity index (χ2n) is 3.07. The molecule has 0 saturated heterocycles. The molecule has 0 unspecified atom stereocenters. The Bertz CT molecular complexity index is 436. The summed E-state index contributed by atoms with van der Waals surface area (Å²) < 4.78 is 2.45. The predicted molar refractivity (Wildman–Crippen MR) is 64.5 cm³/mol. The number of hydrogen-bond donors (Lipinski definition) is 2. The molecule has 1 aromatic carbocycles. The second-order valence-corrected chi connectivity index (χ2v) is 5.47. The normalized spacial score (nSPS) is 10.1. The molecule has 1 aromatic heterocycles. The molecule has 0 aliphatic carbocycles. The summed E-state index contributed by atoms with van der Waals surface area (Å²) in [5.74, 6) is 0.977. The van der Waals surface area contributed by atoms with Gasteiger partial charge in [0.1, 0.15) is 0 Å². The van der Waals surface area contributed by atoms with Crippen LogP contribution in [0.4, 0.5) is 11.6 Å². The molecule has 0 fully saturated rings. The molecule has 0 amide bonds. The maximum absolute atomic E-state index is 5.63. The Balaban J connectivity index is 2.25. The van der Waals surface area contributed by atoms with Crippen LogP contribution in [0.2, 0.25) is 0 Å². The van der Waals surface area contributed by atoms with E-state index in [-0.39, 0.29) is 15.0 Å². The zero-order valence-electron chi connectivity index (χ0n) is 8.05. The number of pyridine rings is 1. The molecular weight excluding hydrogens is 253 g/mol. The Morgan fingerprint density at radius 3 is 2.07 bits per heavy atom. The number of benzene rings is 1. The van der Waals surface area contributed by atoms with Crippen LogP contribution >= 0.6 is 0 Å². The van der Waals surface area contributed by atoms with Crippen molar-refractivity contribution in [1.82, 2.24) is 4.98 Å². The van der Waals surface area contributed by atoms with Gasteiger partial charge in [-0.25, -0.2) is 0 Å². The molecule has 1 heterocycles. The number of anilines is 2. The summed E-state index contributed by atoms with van der Waals surface area (Å²) in [6, 6.07) is 14.0. The molecule has 0 spiro atoms. The summed E-state index contributed by atoms with van der Waals surface area (Å²) in [5, 5.41) is 0. The van der Waals surface area contributed by atoms with E-state index >= 15 is 0 Å². The topological polar surface area (TPSA) is 64.9 Å². The third-order valence-electron chi connectivity index (χ3n) is 1.82. The van der Waals surface area contributed by atoms with Crippen LogP contribution < -0.4 is 20.4 Å². The molecule has 15 heavy (non-hydrogen) atoms. The first-order chi connectivity index (χ1) is 7.24. The van der Waals surface area contributed by atoms with Crippen LogP contribution in [0.3, 0.4) is 0 Å². The summed E-state index contributed by atoms with van der Waals surface area (Å²) in [4.78, 5) is 3.94. The minimum atomic E-state index is 0.242. The maximum atomic E-state index is 5.63. The minimum absolute atomic E-state index is 0.242. The van der Waals surface area contributed by atoms with E-state index in [0.29, 0.717) is 11.6 Å². The molecule has 76 valence electrons. The number of hydrogen-bond acceptors (Lipinski definition) is 3. The summed E-state index contributed by atoms with van der Waals surface area (Å²) in [7, 11) is 0. The van der Waals surface area contributed by atoms with E-state index in [2.05, 4.69) is 17.1 Å². The number of aromatic nitrogens is 1. The van der Waals surface area contributed by atoms with Crippen molar-refractivity contribution < 1.29 is 0 Å². The fourth-order valence-electron chi connectivity index (χ4n) is 1.23. The molecule has 4 N–H and O–H groups in total. The van der Waals surface area contributed by atoms with Crippen molar-refractivity contribution in [2.45, 2.75) is 0 Å². The Hall–Kier alpha value is -1.51. The number of rotatable bonds is 2. The Labute approximate surface area is 94.7 Å². The Morgan fingerprint density at radius 1 is 0.867 bits per heavy atom. The monoisotopic (exact) mass is 265 g/mol. The van der Waals surface area contributed by atoms with Gasteiger partial charge in [-0.3, -0.25) is 0 Å². The van der Waals surface area contributed by atoms with E-state index in [9.17, 15) is 0 Å². The summed E-state index contributed by atoms with van der Waals surface area (Å²) in [6.07, 6.45) is 0. The molecule has 0 saturated carbocycles. The van der Waals surface area contributed by atoms with Crippen molar-refractivity contribution in [3.63, 3.8) is 0 Å². The van der Waals surface area contributed by atoms with E-state index in [4.69, 9.17) is 11.5 Å². The third-order valence-corrected chi connectivity index (χ3v) is 3.87. The van der Waals surface area contributed by atoms with Gasteiger partial charge in [-0.15, -0.1) is 0 Å². The van der Waals surface area contributed by atoms with Crippen LogP contribution in [0.25, 0.3) is 0 Å².